The summed E-state index contributed by atoms with van der Waals surface area (Å²) in [6.45, 7) is 0.947. The number of hydroxylamine groups is 1. The number of hydrogen-bond donors (Lipinski definition) is 1. The fraction of sp³-hybridized carbons (Fsp3) is 1.00. The Kier molecular flexibility index (Phi) is 1.47. The maximum atomic E-state index is 5.47. The quantitative estimate of drug-likeness (QED) is 0.636. The van der Waals surface area contributed by atoms with Gasteiger partial charge in [0.05, 0.1) is 12.1 Å². The van der Waals surface area contributed by atoms with E-state index < -0.39 is 0 Å². The van der Waals surface area contributed by atoms with E-state index in [-0.39, 0.29) is 0 Å². The molecule has 4 saturated carbocycles. The van der Waals surface area contributed by atoms with Crippen LogP contribution in [0, 0.1) is 23.7 Å². The smallest absolute Gasteiger partial charge is 0.0701 e. The Morgan fingerprint density at radius 1 is 0.929 bits per heavy atom. The lowest BCUT2D eigenvalue weighted by Crippen LogP contribution is -2.62. The number of nitrogens with one attached hydrogen (secondary N) is 1. The molecule has 0 unspecified atom stereocenters. The van der Waals surface area contributed by atoms with Gasteiger partial charge in [-0.15, -0.1) is 0 Å². The molecule has 2 nitrogen and oxygen atoms in total. The van der Waals surface area contributed by atoms with Gasteiger partial charge in [-0.25, -0.2) is 0 Å². The van der Waals surface area contributed by atoms with Gasteiger partial charge in [-0.2, -0.15) is 5.48 Å². The first-order valence-corrected chi connectivity index (χ1v) is 6.26. The van der Waals surface area contributed by atoms with Crippen LogP contribution in [-0.4, -0.2) is 12.1 Å². The summed E-state index contributed by atoms with van der Waals surface area (Å²) >= 11 is 0. The van der Waals surface area contributed by atoms with Crippen molar-refractivity contribution in [2.24, 2.45) is 23.7 Å². The minimum absolute atomic E-state index is 0.424. The third-order valence-electron chi connectivity index (χ3n) is 5.48. The molecule has 5 fully saturated rings. The summed E-state index contributed by atoms with van der Waals surface area (Å²) in [6.07, 6.45) is 8.78. The lowest BCUT2D eigenvalue weighted by molar-refractivity contribution is -0.0981. The van der Waals surface area contributed by atoms with Crippen LogP contribution >= 0.6 is 0 Å². The largest absolute Gasteiger partial charge is 0.301 e. The second-order valence-corrected chi connectivity index (χ2v) is 6.05. The van der Waals surface area contributed by atoms with Gasteiger partial charge in [0.2, 0.25) is 0 Å². The van der Waals surface area contributed by atoms with Crippen molar-refractivity contribution in [1.29, 1.82) is 0 Å². The summed E-state index contributed by atoms with van der Waals surface area (Å²) in [5, 5.41) is 0. The van der Waals surface area contributed by atoms with E-state index in [4.69, 9.17) is 4.84 Å². The molecule has 1 heterocycles. The SMILES string of the molecule is C1CC2(NO1)C1CC3CC(C1)CC2C3. The van der Waals surface area contributed by atoms with Gasteiger partial charge in [0.15, 0.2) is 0 Å². The minimum Gasteiger partial charge on any atom is -0.301 e. The van der Waals surface area contributed by atoms with Crippen molar-refractivity contribution < 1.29 is 4.84 Å². The van der Waals surface area contributed by atoms with E-state index in [2.05, 4.69) is 5.48 Å². The van der Waals surface area contributed by atoms with Crippen LogP contribution < -0.4 is 5.48 Å². The van der Waals surface area contributed by atoms with Gasteiger partial charge in [0, 0.05) is 0 Å². The highest BCUT2D eigenvalue weighted by Crippen LogP contribution is 2.59. The van der Waals surface area contributed by atoms with Crippen LogP contribution in [0.2, 0.25) is 0 Å². The first kappa shape index (κ1) is 8.12. The molecule has 5 rings (SSSR count). The molecule has 0 aromatic heterocycles. The highest BCUT2D eigenvalue weighted by Gasteiger charge is 2.58. The van der Waals surface area contributed by atoms with Gasteiger partial charge in [-0.3, -0.25) is 0 Å². The van der Waals surface area contributed by atoms with E-state index >= 15 is 0 Å². The van der Waals surface area contributed by atoms with Gasteiger partial charge in [-0.05, 0) is 62.2 Å². The first-order chi connectivity index (χ1) is 6.87. The zero-order chi connectivity index (χ0) is 9.17. The van der Waals surface area contributed by atoms with Crippen LogP contribution in [0.25, 0.3) is 0 Å². The maximum Gasteiger partial charge on any atom is 0.0701 e. The van der Waals surface area contributed by atoms with Gasteiger partial charge in [-0.1, -0.05) is 0 Å². The van der Waals surface area contributed by atoms with Gasteiger partial charge < -0.3 is 4.84 Å². The molecule has 1 aliphatic heterocycles. The number of rotatable bonds is 0. The maximum absolute atomic E-state index is 5.47. The zero-order valence-electron chi connectivity index (χ0n) is 8.67. The Hall–Kier alpha value is -0.0800. The molecule has 0 atom stereocenters. The normalized spacial score (nSPS) is 60.0. The molecular weight excluding hydrogens is 174 g/mol. The molecule has 1 N–H and O–H groups in total. The first-order valence-electron chi connectivity index (χ1n) is 6.26. The monoisotopic (exact) mass is 193 g/mol. The van der Waals surface area contributed by atoms with Crippen molar-refractivity contribution in [2.75, 3.05) is 6.61 Å². The molecule has 0 aromatic carbocycles. The Bertz CT molecular complexity index is 227. The fourth-order valence-corrected chi connectivity index (χ4v) is 5.06. The summed E-state index contributed by atoms with van der Waals surface area (Å²) in [4.78, 5) is 5.47. The van der Waals surface area contributed by atoms with Crippen LogP contribution in [0.15, 0.2) is 0 Å². The van der Waals surface area contributed by atoms with E-state index in [1.807, 2.05) is 0 Å². The summed E-state index contributed by atoms with van der Waals surface area (Å²) in [6, 6.07) is 0. The Balaban J connectivity index is 1.73. The highest BCUT2D eigenvalue weighted by molar-refractivity contribution is 5.10. The van der Waals surface area contributed by atoms with Gasteiger partial charge in [0.1, 0.15) is 0 Å². The average Bonchev–Trinajstić information content (AvgIpc) is 2.63. The Morgan fingerprint density at radius 2 is 1.57 bits per heavy atom. The topological polar surface area (TPSA) is 21.3 Å². The standard InChI is InChI=1S/C12H19NO/c1-2-14-13-12(1)10-4-8-3-9(6-10)7-11(12)5-8/h8-11,13H,1-7H2. The second-order valence-electron chi connectivity index (χ2n) is 6.05. The van der Waals surface area contributed by atoms with Crippen LogP contribution in [0.4, 0.5) is 0 Å². The Labute approximate surface area is 85.3 Å². The van der Waals surface area contributed by atoms with Crippen LogP contribution in [0.5, 0.6) is 0 Å². The lowest BCUT2D eigenvalue weighted by atomic mass is 9.48. The van der Waals surface area contributed by atoms with Crippen molar-refractivity contribution >= 4 is 0 Å². The molecule has 0 amide bonds. The zero-order valence-corrected chi connectivity index (χ0v) is 8.67. The summed E-state index contributed by atoms with van der Waals surface area (Å²) in [5.41, 5.74) is 3.84. The third-order valence-corrected chi connectivity index (χ3v) is 5.48. The molecule has 1 spiro atoms. The molecule has 0 radical (unpaired) electrons. The van der Waals surface area contributed by atoms with Gasteiger partial charge in [0.25, 0.3) is 0 Å². The fourth-order valence-electron chi connectivity index (χ4n) is 5.06. The van der Waals surface area contributed by atoms with Crippen molar-refractivity contribution in [1.82, 2.24) is 5.48 Å². The van der Waals surface area contributed by atoms with E-state index in [9.17, 15) is 0 Å². The summed E-state index contributed by atoms with van der Waals surface area (Å²) in [5.74, 6) is 4.04. The predicted octanol–water partition coefficient (Wildman–Crippen LogP) is 2.11. The molecule has 4 aliphatic carbocycles. The molecule has 1 saturated heterocycles. The van der Waals surface area contributed by atoms with E-state index in [1.165, 1.54) is 32.1 Å². The average molecular weight is 193 g/mol. The van der Waals surface area contributed by atoms with Crippen LogP contribution in [0.3, 0.4) is 0 Å². The van der Waals surface area contributed by atoms with Crippen LogP contribution in [0.1, 0.15) is 38.5 Å². The van der Waals surface area contributed by atoms with Crippen molar-refractivity contribution in [2.45, 2.75) is 44.1 Å². The number of hydrogen-bond acceptors (Lipinski definition) is 2. The highest BCUT2D eigenvalue weighted by atomic mass is 16.7. The van der Waals surface area contributed by atoms with Gasteiger partial charge >= 0.3 is 0 Å². The van der Waals surface area contributed by atoms with E-state index in [0.29, 0.717) is 5.54 Å². The Morgan fingerprint density at radius 3 is 2.07 bits per heavy atom. The minimum atomic E-state index is 0.424. The molecule has 2 heteroatoms. The lowest BCUT2D eigenvalue weighted by Gasteiger charge is -2.59. The molecule has 5 aliphatic rings. The third kappa shape index (κ3) is 0.849. The van der Waals surface area contributed by atoms with Crippen molar-refractivity contribution in [3.05, 3.63) is 0 Å². The summed E-state index contributed by atoms with van der Waals surface area (Å²) < 4.78 is 0. The second kappa shape index (κ2) is 2.53. The summed E-state index contributed by atoms with van der Waals surface area (Å²) in [7, 11) is 0. The van der Waals surface area contributed by atoms with E-state index in [0.717, 1.165) is 30.3 Å². The van der Waals surface area contributed by atoms with Crippen molar-refractivity contribution in [3.8, 4) is 0 Å². The van der Waals surface area contributed by atoms with Crippen molar-refractivity contribution in [3.63, 3.8) is 0 Å². The molecule has 14 heavy (non-hydrogen) atoms. The van der Waals surface area contributed by atoms with Crippen LogP contribution in [-0.2, 0) is 4.84 Å². The molecule has 78 valence electrons. The van der Waals surface area contributed by atoms with E-state index in [1.54, 1.807) is 6.42 Å². The molecule has 0 aromatic rings. The predicted molar refractivity (Wildman–Crippen MR) is 53.5 cm³/mol. The molecule has 4 bridgehead atoms. The molecular formula is C12H19NO.